The molecule has 1 aliphatic carbocycles. The predicted octanol–water partition coefficient (Wildman–Crippen LogP) is 3.58. The first kappa shape index (κ1) is 14.3. The molecular formula is C17H26N2S. The quantitative estimate of drug-likeness (QED) is 0.912. The molecule has 1 aromatic rings. The molecule has 1 saturated carbocycles. The average Bonchev–Trinajstić information content (AvgIpc) is 3.19. The van der Waals surface area contributed by atoms with Gasteiger partial charge in [-0.05, 0) is 45.2 Å². The van der Waals surface area contributed by atoms with Gasteiger partial charge in [-0.15, -0.1) is 0 Å². The van der Waals surface area contributed by atoms with Crippen molar-refractivity contribution in [2.24, 2.45) is 0 Å². The lowest BCUT2D eigenvalue weighted by atomic mass is 10.1. The fourth-order valence-electron chi connectivity index (χ4n) is 2.93. The van der Waals surface area contributed by atoms with Gasteiger partial charge in [-0.2, -0.15) is 11.8 Å². The molecule has 3 heteroatoms. The van der Waals surface area contributed by atoms with Crippen molar-refractivity contribution in [1.29, 1.82) is 0 Å². The zero-order valence-electron chi connectivity index (χ0n) is 12.9. The highest BCUT2D eigenvalue weighted by atomic mass is 32.2. The van der Waals surface area contributed by atoms with Crippen molar-refractivity contribution in [3.05, 3.63) is 29.3 Å². The molecule has 0 spiro atoms. The third-order valence-corrected chi connectivity index (χ3v) is 5.46. The van der Waals surface area contributed by atoms with Crippen molar-refractivity contribution in [3.63, 3.8) is 0 Å². The predicted molar refractivity (Wildman–Crippen MR) is 89.8 cm³/mol. The minimum atomic E-state index is 0.365. The van der Waals surface area contributed by atoms with Gasteiger partial charge in [0.05, 0.1) is 0 Å². The maximum atomic E-state index is 3.67. The van der Waals surface area contributed by atoms with Gasteiger partial charge in [0.1, 0.15) is 0 Å². The Kier molecular flexibility index (Phi) is 4.00. The van der Waals surface area contributed by atoms with E-state index >= 15 is 0 Å². The summed E-state index contributed by atoms with van der Waals surface area (Å²) < 4.78 is 0.365. The van der Waals surface area contributed by atoms with Gasteiger partial charge >= 0.3 is 0 Å². The Morgan fingerprint density at radius 3 is 2.85 bits per heavy atom. The lowest BCUT2D eigenvalue weighted by molar-refractivity contribution is 0.638. The zero-order chi connectivity index (χ0) is 14.2. The topological polar surface area (TPSA) is 15.3 Å². The molecule has 2 fully saturated rings. The summed E-state index contributed by atoms with van der Waals surface area (Å²) in [4.78, 5) is 2.58. The fraction of sp³-hybridized carbons (Fsp3) is 0.647. The van der Waals surface area contributed by atoms with E-state index < -0.39 is 0 Å². The summed E-state index contributed by atoms with van der Waals surface area (Å²) in [6.07, 6.45) is 2.71. The Bertz CT molecular complexity index is 480. The molecule has 1 saturated heterocycles. The fourth-order valence-corrected chi connectivity index (χ4v) is 4.04. The van der Waals surface area contributed by atoms with Crippen LogP contribution in [0, 0.1) is 6.92 Å². The molecule has 3 rings (SSSR count). The van der Waals surface area contributed by atoms with E-state index in [1.54, 1.807) is 0 Å². The number of benzene rings is 1. The molecule has 0 aromatic heterocycles. The molecule has 1 heterocycles. The number of hydrogen-bond acceptors (Lipinski definition) is 3. The van der Waals surface area contributed by atoms with Crippen LogP contribution in [0.3, 0.4) is 0 Å². The third-order valence-electron chi connectivity index (χ3n) is 4.16. The minimum Gasteiger partial charge on any atom is -0.369 e. The van der Waals surface area contributed by atoms with Gasteiger partial charge in [0.2, 0.25) is 0 Å². The van der Waals surface area contributed by atoms with Gasteiger partial charge in [-0.25, -0.2) is 0 Å². The van der Waals surface area contributed by atoms with Crippen LogP contribution >= 0.6 is 11.8 Å². The molecule has 1 N–H and O–H groups in total. The Morgan fingerprint density at radius 1 is 1.35 bits per heavy atom. The maximum absolute atomic E-state index is 3.67. The van der Waals surface area contributed by atoms with Crippen LogP contribution in [-0.2, 0) is 6.54 Å². The van der Waals surface area contributed by atoms with E-state index in [1.807, 2.05) is 0 Å². The molecule has 110 valence electrons. The molecule has 0 bridgehead atoms. The summed E-state index contributed by atoms with van der Waals surface area (Å²) in [5, 5.41) is 3.67. The van der Waals surface area contributed by atoms with Crippen LogP contribution < -0.4 is 10.2 Å². The maximum Gasteiger partial charge on any atom is 0.0412 e. The van der Waals surface area contributed by atoms with Gasteiger partial charge in [-0.1, -0.05) is 17.7 Å². The Hall–Kier alpha value is -0.670. The van der Waals surface area contributed by atoms with Crippen molar-refractivity contribution in [2.75, 3.05) is 23.7 Å². The van der Waals surface area contributed by atoms with Crippen LogP contribution in [0.5, 0.6) is 0 Å². The largest absolute Gasteiger partial charge is 0.369 e. The number of hydrogen-bond donors (Lipinski definition) is 1. The van der Waals surface area contributed by atoms with E-state index in [9.17, 15) is 0 Å². The summed E-state index contributed by atoms with van der Waals surface area (Å²) in [6.45, 7) is 10.3. The van der Waals surface area contributed by atoms with Crippen LogP contribution in [0.15, 0.2) is 18.2 Å². The van der Waals surface area contributed by atoms with E-state index in [2.05, 4.69) is 60.9 Å². The second-order valence-corrected chi connectivity index (χ2v) is 8.62. The van der Waals surface area contributed by atoms with E-state index in [-0.39, 0.29) is 0 Å². The highest BCUT2D eigenvalue weighted by Crippen LogP contribution is 2.34. The molecule has 0 atom stereocenters. The number of aryl methyl sites for hydroxylation is 1. The van der Waals surface area contributed by atoms with E-state index in [1.165, 1.54) is 42.0 Å². The SMILES string of the molecule is Cc1ccc(N2CCSC(C)(C)C2)c(CNC2CC2)c1. The molecule has 0 amide bonds. The molecule has 0 radical (unpaired) electrons. The lowest BCUT2D eigenvalue weighted by Gasteiger charge is -2.40. The van der Waals surface area contributed by atoms with Crippen LogP contribution in [0.1, 0.15) is 37.8 Å². The van der Waals surface area contributed by atoms with E-state index in [4.69, 9.17) is 0 Å². The summed E-state index contributed by atoms with van der Waals surface area (Å²) in [6, 6.07) is 7.71. The van der Waals surface area contributed by atoms with Crippen LogP contribution in [0.25, 0.3) is 0 Å². The standard InChI is InChI=1S/C17H26N2S/c1-13-4-7-16(14(10-13)11-18-15-5-6-15)19-8-9-20-17(2,3)12-19/h4,7,10,15,18H,5-6,8-9,11-12H2,1-3H3. The van der Waals surface area contributed by atoms with E-state index in [0.29, 0.717) is 4.75 Å². The van der Waals surface area contributed by atoms with Gasteiger partial charge < -0.3 is 10.2 Å². The molecule has 2 nitrogen and oxygen atoms in total. The zero-order valence-corrected chi connectivity index (χ0v) is 13.7. The van der Waals surface area contributed by atoms with Crippen molar-refractivity contribution in [3.8, 4) is 0 Å². The van der Waals surface area contributed by atoms with Crippen LogP contribution in [-0.4, -0.2) is 29.6 Å². The lowest BCUT2D eigenvalue weighted by Crippen LogP contribution is -2.43. The second kappa shape index (κ2) is 5.61. The highest BCUT2D eigenvalue weighted by Gasteiger charge is 2.28. The summed E-state index contributed by atoms with van der Waals surface area (Å²) in [5.74, 6) is 1.23. The first-order valence-electron chi connectivity index (χ1n) is 7.75. The molecule has 1 aliphatic heterocycles. The smallest absolute Gasteiger partial charge is 0.0412 e. The number of anilines is 1. The normalized spacial score (nSPS) is 22.1. The number of nitrogens with one attached hydrogen (secondary N) is 1. The van der Waals surface area contributed by atoms with Gasteiger partial charge in [-0.3, -0.25) is 0 Å². The molecule has 2 aliphatic rings. The second-order valence-electron chi connectivity index (χ2n) is 6.82. The number of nitrogens with zero attached hydrogens (tertiary/aromatic N) is 1. The molecule has 20 heavy (non-hydrogen) atoms. The number of thioether (sulfide) groups is 1. The van der Waals surface area contributed by atoms with Gasteiger partial charge in [0, 0.05) is 41.9 Å². The first-order valence-corrected chi connectivity index (χ1v) is 8.74. The van der Waals surface area contributed by atoms with Crippen LogP contribution in [0.4, 0.5) is 5.69 Å². The molecule has 0 unspecified atom stereocenters. The Labute approximate surface area is 127 Å². The van der Waals surface area contributed by atoms with Crippen molar-refractivity contribution >= 4 is 17.4 Å². The monoisotopic (exact) mass is 290 g/mol. The first-order chi connectivity index (χ1) is 9.53. The van der Waals surface area contributed by atoms with E-state index in [0.717, 1.165) is 19.1 Å². The third kappa shape index (κ3) is 3.50. The molecular weight excluding hydrogens is 264 g/mol. The van der Waals surface area contributed by atoms with Crippen molar-refractivity contribution < 1.29 is 0 Å². The Morgan fingerprint density at radius 2 is 2.15 bits per heavy atom. The van der Waals surface area contributed by atoms with Crippen molar-refractivity contribution in [1.82, 2.24) is 5.32 Å². The Balaban J connectivity index is 1.79. The van der Waals surface area contributed by atoms with Gasteiger partial charge in [0.15, 0.2) is 0 Å². The summed E-state index contributed by atoms with van der Waals surface area (Å²) >= 11 is 2.10. The molecule has 1 aromatic carbocycles. The number of rotatable bonds is 4. The van der Waals surface area contributed by atoms with Crippen LogP contribution in [0.2, 0.25) is 0 Å². The summed E-state index contributed by atoms with van der Waals surface area (Å²) in [5.41, 5.74) is 4.28. The minimum absolute atomic E-state index is 0.365. The van der Waals surface area contributed by atoms with Gasteiger partial charge in [0.25, 0.3) is 0 Å². The summed E-state index contributed by atoms with van der Waals surface area (Å²) in [7, 11) is 0. The van der Waals surface area contributed by atoms with Crippen molar-refractivity contribution in [2.45, 2.75) is 50.9 Å². The average molecular weight is 290 g/mol. The highest BCUT2D eigenvalue weighted by molar-refractivity contribution is 8.00.